The van der Waals surface area contributed by atoms with E-state index < -0.39 is 23.2 Å². The zero-order valence-electron chi connectivity index (χ0n) is 8.34. The molecule has 8 heteroatoms. The first-order valence-electron chi connectivity index (χ1n) is 4.35. The number of hydrogen-bond donors (Lipinski definition) is 2. The maximum Gasteiger partial charge on any atom is 0.312 e. The number of carboxylic acid groups (broad SMARTS) is 1. The van der Waals surface area contributed by atoms with Crippen LogP contribution in [0.4, 0.5) is 11.4 Å². The first-order chi connectivity index (χ1) is 7.90. The van der Waals surface area contributed by atoms with Crippen molar-refractivity contribution in [2.75, 3.05) is 5.32 Å². The van der Waals surface area contributed by atoms with Gasteiger partial charge in [0, 0.05) is 12.1 Å². The Balaban J connectivity index is 2.90. The van der Waals surface area contributed by atoms with E-state index in [0.717, 1.165) is 6.07 Å². The van der Waals surface area contributed by atoms with Gasteiger partial charge in [0.15, 0.2) is 0 Å². The molecule has 0 atom stereocenters. The SMILES string of the molecule is O=C(O)CC(=O)Nc1cc([N+](=O)[O-])ccc1Cl. The Kier molecular flexibility index (Phi) is 4.00. The van der Waals surface area contributed by atoms with Gasteiger partial charge in [-0.05, 0) is 6.07 Å². The van der Waals surface area contributed by atoms with Crippen LogP contribution in [0.3, 0.4) is 0 Å². The molecule has 1 aromatic rings. The predicted molar refractivity (Wildman–Crippen MR) is 59.0 cm³/mol. The summed E-state index contributed by atoms with van der Waals surface area (Å²) in [7, 11) is 0. The number of aliphatic carboxylic acids is 1. The monoisotopic (exact) mass is 258 g/mol. The summed E-state index contributed by atoms with van der Waals surface area (Å²) in [5.41, 5.74) is -0.243. The molecular weight excluding hydrogens is 252 g/mol. The van der Waals surface area contributed by atoms with Crippen molar-refractivity contribution in [2.24, 2.45) is 0 Å². The minimum atomic E-state index is -1.30. The number of nitro groups is 1. The van der Waals surface area contributed by atoms with Gasteiger partial charge < -0.3 is 10.4 Å². The van der Waals surface area contributed by atoms with Crippen molar-refractivity contribution < 1.29 is 19.6 Å². The van der Waals surface area contributed by atoms with Crippen LogP contribution in [0.15, 0.2) is 18.2 Å². The van der Waals surface area contributed by atoms with Crippen LogP contribution < -0.4 is 5.32 Å². The Labute approximate surface area is 100 Å². The number of anilines is 1. The molecule has 0 radical (unpaired) electrons. The third-order valence-electron chi connectivity index (χ3n) is 1.75. The molecule has 0 aliphatic carbocycles. The minimum Gasteiger partial charge on any atom is -0.481 e. The highest BCUT2D eigenvalue weighted by atomic mass is 35.5. The van der Waals surface area contributed by atoms with Gasteiger partial charge in [-0.1, -0.05) is 11.6 Å². The van der Waals surface area contributed by atoms with Gasteiger partial charge in [-0.3, -0.25) is 19.7 Å². The number of amides is 1. The number of hydrogen-bond acceptors (Lipinski definition) is 4. The highest BCUT2D eigenvalue weighted by Gasteiger charge is 2.13. The van der Waals surface area contributed by atoms with E-state index in [1.54, 1.807) is 0 Å². The summed E-state index contributed by atoms with van der Waals surface area (Å²) in [6, 6.07) is 3.48. The average molecular weight is 259 g/mol. The van der Waals surface area contributed by atoms with Crippen LogP contribution in [-0.2, 0) is 9.59 Å². The summed E-state index contributed by atoms with van der Waals surface area (Å²) in [6.07, 6.45) is -0.737. The van der Waals surface area contributed by atoms with E-state index in [-0.39, 0.29) is 16.4 Å². The zero-order chi connectivity index (χ0) is 13.0. The fourth-order valence-corrected chi connectivity index (χ4v) is 1.22. The molecule has 0 saturated heterocycles. The number of rotatable bonds is 4. The first-order valence-corrected chi connectivity index (χ1v) is 4.73. The number of carbonyl (C=O) groups excluding carboxylic acids is 1. The molecule has 1 aromatic carbocycles. The topological polar surface area (TPSA) is 110 Å². The summed E-state index contributed by atoms with van der Waals surface area (Å²) >= 11 is 5.70. The number of nitrogens with one attached hydrogen (secondary N) is 1. The molecule has 17 heavy (non-hydrogen) atoms. The average Bonchev–Trinajstić information content (AvgIpc) is 2.19. The molecule has 90 valence electrons. The maximum absolute atomic E-state index is 11.1. The fraction of sp³-hybridized carbons (Fsp3) is 0.111. The van der Waals surface area contributed by atoms with Gasteiger partial charge in [0.1, 0.15) is 6.42 Å². The standard InChI is InChI=1S/C9H7ClN2O5/c10-6-2-1-5(12(16)17)3-7(6)11-8(13)4-9(14)15/h1-3H,4H2,(H,11,13)(H,14,15). The molecule has 7 nitrogen and oxygen atoms in total. The Bertz CT molecular complexity index is 488. The molecule has 0 bridgehead atoms. The summed E-state index contributed by atoms with van der Waals surface area (Å²) in [4.78, 5) is 31.2. The van der Waals surface area contributed by atoms with Crippen LogP contribution >= 0.6 is 11.6 Å². The lowest BCUT2D eigenvalue weighted by molar-refractivity contribution is -0.384. The van der Waals surface area contributed by atoms with Crippen LogP contribution in [0.2, 0.25) is 5.02 Å². The van der Waals surface area contributed by atoms with Crippen molar-refractivity contribution in [1.82, 2.24) is 0 Å². The first kappa shape index (κ1) is 12.9. The molecule has 0 aliphatic heterocycles. The Morgan fingerprint density at radius 3 is 2.65 bits per heavy atom. The van der Waals surface area contributed by atoms with E-state index in [0.29, 0.717) is 0 Å². The smallest absolute Gasteiger partial charge is 0.312 e. The molecule has 1 amide bonds. The number of nitro benzene ring substituents is 1. The third kappa shape index (κ3) is 3.72. The summed E-state index contributed by atoms with van der Waals surface area (Å²) in [5.74, 6) is -2.11. The number of non-ortho nitro benzene ring substituents is 1. The van der Waals surface area contributed by atoms with Gasteiger partial charge in [-0.2, -0.15) is 0 Å². The minimum absolute atomic E-state index is 0.00659. The lowest BCUT2D eigenvalue weighted by Crippen LogP contribution is -2.16. The molecule has 1 rings (SSSR count). The second kappa shape index (κ2) is 5.26. The number of carboxylic acids is 1. The molecule has 0 aliphatic rings. The summed E-state index contributed by atoms with van der Waals surface area (Å²) < 4.78 is 0. The quantitative estimate of drug-likeness (QED) is 0.485. The van der Waals surface area contributed by atoms with Gasteiger partial charge in [0.2, 0.25) is 5.91 Å². The molecule has 0 saturated carbocycles. The second-order valence-electron chi connectivity index (χ2n) is 3.04. The number of carbonyl (C=O) groups is 2. The largest absolute Gasteiger partial charge is 0.481 e. The van der Waals surface area contributed by atoms with Crippen molar-refractivity contribution in [3.05, 3.63) is 33.3 Å². The fourth-order valence-electron chi connectivity index (χ4n) is 1.05. The van der Waals surface area contributed by atoms with E-state index in [1.807, 2.05) is 0 Å². The van der Waals surface area contributed by atoms with Crippen LogP contribution in [0.1, 0.15) is 6.42 Å². The van der Waals surface area contributed by atoms with E-state index >= 15 is 0 Å². The molecule has 0 unspecified atom stereocenters. The molecule has 0 fully saturated rings. The van der Waals surface area contributed by atoms with Crippen molar-refractivity contribution in [3.63, 3.8) is 0 Å². The van der Waals surface area contributed by atoms with E-state index in [9.17, 15) is 19.7 Å². The van der Waals surface area contributed by atoms with Crippen molar-refractivity contribution >= 4 is 34.9 Å². The van der Waals surface area contributed by atoms with E-state index in [2.05, 4.69) is 5.32 Å². The van der Waals surface area contributed by atoms with Gasteiger partial charge >= 0.3 is 5.97 Å². The molecule has 0 spiro atoms. The number of halogens is 1. The predicted octanol–water partition coefficient (Wildman–Crippen LogP) is 1.66. The number of nitrogens with zero attached hydrogens (tertiary/aromatic N) is 1. The third-order valence-corrected chi connectivity index (χ3v) is 2.08. The van der Waals surface area contributed by atoms with Crippen LogP contribution in [0, 0.1) is 10.1 Å². The molecule has 2 N–H and O–H groups in total. The van der Waals surface area contributed by atoms with Gasteiger partial charge in [0.05, 0.1) is 15.6 Å². The Morgan fingerprint density at radius 2 is 2.12 bits per heavy atom. The summed E-state index contributed by atoms with van der Waals surface area (Å²) in [6.45, 7) is 0. The van der Waals surface area contributed by atoms with E-state index in [1.165, 1.54) is 12.1 Å². The molecule has 0 aromatic heterocycles. The van der Waals surface area contributed by atoms with Crippen LogP contribution in [0.25, 0.3) is 0 Å². The van der Waals surface area contributed by atoms with Crippen LogP contribution in [-0.4, -0.2) is 21.9 Å². The van der Waals surface area contributed by atoms with Crippen molar-refractivity contribution in [2.45, 2.75) is 6.42 Å². The Morgan fingerprint density at radius 1 is 1.47 bits per heavy atom. The van der Waals surface area contributed by atoms with Gasteiger partial charge in [0.25, 0.3) is 5.69 Å². The summed E-state index contributed by atoms with van der Waals surface area (Å²) in [5, 5.41) is 21.1. The highest BCUT2D eigenvalue weighted by molar-refractivity contribution is 6.33. The van der Waals surface area contributed by atoms with Crippen LogP contribution in [0.5, 0.6) is 0 Å². The van der Waals surface area contributed by atoms with Gasteiger partial charge in [-0.15, -0.1) is 0 Å². The lowest BCUT2D eigenvalue weighted by atomic mass is 10.2. The Hall–Kier alpha value is -2.15. The highest BCUT2D eigenvalue weighted by Crippen LogP contribution is 2.26. The van der Waals surface area contributed by atoms with E-state index in [4.69, 9.17) is 16.7 Å². The lowest BCUT2D eigenvalue weighted by Gasteiger charge is -2.05. The van der Waals surface area contributed by atoms with Crippen molar-refractivity contribution in [1.29, 1.82) is 0 Å². The van der Waals surface area contributed by atoms with Crippen molar-refractivity contribution in [3.8, 4) is 0 Å². The second-order valence-corrected chi connectivity index (χ2v) is 3.45. The zero-order valence-corrected chi connectivity index (χ0v) is 9.10. The number of benzene rings is 1. The molecule has 0 heterocycles. The van der Waals surface area contributed by atoms with Gasteiger partial charge in [-0.25, -0.2) is 0 Å². The molecular formula is C9H7ClN2O5. The normalized spacial score (nSPS) is 9.71. The maximum atomic E-state index is 11.1.